The highest BCUT2D eigenvalue weighted by Crippen LogP contribution is 2.33. The van der Waals surface area contributed by atoms with E-state index in [0.717, 1.165) is 25.2 Å². The minimum absolute atomic E-state index is 0.418. The van der Waals surface area contributed by atoms with Crippen LogP contribution in [0.2, 0.25) is 0 Å². The van der Waals surface area contributed by atoms with Gasteiger partial charge in [-0.3, -0.25) is 0 Å². The quantitative estimate of drug-likeness (QED) is 0.557. The van der Waals surface area contributed by atoms with Crippen molar-refractivity contribution in [3.05, 3.63) is 76.9 Å². The Morgan fingerprint density at radius 2 is 1.71 bits per heavy atom. The van der Waals surface area contributed by atoms with Crippen LogP contribution in [0, 0.1) is 6.92 Å². The van der Waals surface area contributed by atoms with Gasteiger partial charge in [0.15, 0.2) is 0 Å². The molecule has 0 bridgehead atoms. The fraction of sp³-hybridized carbons (Fsp3) is 0.273. The number of nitrogens with zero attached hydrogens (tertiary/aromatic N) is 1. The number of hydrogen-bond acceptors (Lipinski definition) is 4. The molecule has 0 radical (unpaired) electrons. The zero-order chi connectivity index (χ0) is 20.7. The number of aryl methyl sites for hydroxylation is 1. The van der Waals surface area contributed by atoms with Crippen molar-refractivity contribution in [2.75, 3.05) is 25.9 Å². The first kappa shape index (κ1) is 21.2. The van der Waals surface area contributed by atoms with Gasteiger partial charge in [0, 0.05) is 36.8 Å². The molecular formula is C22H26N2O4. The van der Waals surface area contributed by atoms with Crippen molar-refractivity contribution in [2.45, 2.75) is 19.3 Å². The third kappa shape index (κ3) is 5.96. The third-order valence-corrected chi connectivity index (χ3v) is 4.73. The first-order valence-electron chi connectivity index (χ1n) is 9.04. The number of rotatable bonds is 3. The molecule has 2 aromatic carbocycles. The Morgan fingerprint density at radius 1 is 1.11 bits per heavy atom. The van der Waals surface area contributed by atoms with Gasteiger partial charge in [-0.05, 0) is 48.7 Å². The van der Waals surface area contributed by atoms with Crippen LogP contribution in [-0.4, -0.2) is 47.2 Å². The van der Waals surface area contributed by atoms with Gasteiger partial charge in [-0.1, -0.05) is 36.4 Å². The average Bonchev–Trinajstić information content (AvgIpc) is 2.81. The van der Waals surface area contributed by atoms with E-state index in [0.29, 0.717) is 18.1 Å². The lowest BCUT2D eigenvalue weighted by Gasteiger charge is -2.22. The van der Waals surface area contributed by atoms with Crippen LogP contribution >= 0.6 is 0 Å². The summed E-state index contributed by atoms with van der Waals surface area (Å²) in [4.78, 5) is 21.5. The lowest BCUT2D eigenvalue weighted by atomic mass is 9.87. The molecule has 0 saturated heterocycles. The normalized spacial score (nSPS) is 16.6. The molecule has 4 N–H and O–H groups in total. The molecule has 2 aromatic rings. The van der Waals surface area contributed by atoms with E-state index in [-0.39, 0.29) is 0 Å². The number of benzene rings is 2. The van der Waals surface area contributed by atoms with Crippen LogP contribution in [0.5, 0.6) is 0 Å². The van der Waals surface area contributed by atoms with Crippen LogP contribution in [0.15, 0.2) is 54.6 Å². The average molecular weight is 382 g/mol. The summed E-state index contributed by atoms with van der Waals surface area (Å²) in [5.41, 5.74) is 12.5. The van der Waals surface area contributed by atoms with Crippen LogP contribution in [0.4, 0.5) is 5.69 Å². The van der Waals surface area contributed by atoms with Crippen molar-refractivity contribution >= 4 is 17.6 Å². The number of anilines is 1. The Morgan fingerprint density at radius 3 is 2.29 bits per heavy atom. The van der Waals surface area contributed by atoms with Crippen molar-refractivity contribution in [1.82, 2.24) is 4.90 Å². The fourth-order valence-electron chi connectivity index (χ4n) is 3.27. The SMILES string of the molecule is Cc1cc2c(cc1N)[C@@H](c1ccccc1)CN(C)CC2.O=C(O)C=CC(=O)O. The molecule has 6 heteroatoms. The van der Waals surface area contributed by atoms with E-state index in [9.17, 15) is 9.59 Å². The predicted molar refractivity (Wildman–Crippen MR) is 109 cm³/mol. The molecule has 28 heavy (non-hydrogen) atoms. The van der Waals surface area contributed by atoms with Gasteiger partial charge < -0.3 is 20.8 Å². The summed E-state index contributed by atoms with van der Waals surface area (Å²) >= 11 is 0. The largest absolute Gasteiger partial charge is 0.478 e. The van der Waals surface area contributed by atoms with E-state index in [1.165, 1.54) is 22.3 Å². The van der Waals surface area contributed by atoms with E-state index in [2.05, 4.69) is 61.3 Å². The minimum Gasteiger partial charge on any atom is -0.478 e. The first-order chi connectivity index (χ1) is 13.3. The molecule has 1 aliphatic rings. The van der Waals surface area contributed by atoms with Crippen molar-refractivity contribution in [3.63, 3.8) is 0 Å². The number of aliphatic carboxylic acids is 2. The smallest absolute Gasteiger partial charge is 0.328 e. The number of carbonyl (C=O) groups is 2. The third-order valence-electron chi connectivity index (χ3n) is 4.73. The Labute approximate surface area is 164 Å². The topological polar surface area (TPSA) is 104 Å². The molecule has 1 aliphatic heterocycles. The highest BCUT2D eigenvalue weighted by Gasteiger charge is 2.23. The first-order valence-corrected chi connectivity index (χ1v) is 9.04. The second kappa shape index (κ2) is 9.71. The van der Waals surface area contributed by atoms with Gasteiger partial charge >= 0.3 is 11.9 Å². The molecule has 0 fully saturated rings. The zero-order valence-electron chi connectivity index (χ0n) is 16.1. The van der Waals surface area contributed by atoms with E-state index >= 15 is 0 Å². The molecule has 0 saturated carbocycles. The monoisotopic (exact) mass is 382 g/mol. The lowest BCUT2D eigenvalue weighted by Crippen LogP contribution is -2.24. The van der Waals surface area contributed by atoms with Crippen LogP contribution in [-0.2, 0) is 16.0 Å². The van der Waals surface area contributed by atoms with E-state index in [1.54, 1.807) is 0 Å². The summed E-state index contributed by atoms with van der Waals surface area (Å²) in [6, 6.07) is 15.2. The van der Waals surface area contributed by atoms with E-state index in [4.69, 9.17) is 15.9 Å². The van der Waals surface area contributed by atoms with Gasteiger partial charge in [0.2, 0.25) is 0 Å². The number of nitrogen functional groups attached to an aromatic ring is 1. The number of hydrogen-bond donors (Lipinski definition) is 3. The van der Waals surface area contributed by atoms with Crippen molar-refractivity contribution in [1.29, 1.82) is 0 Å². The molecule has 0 aromatic heterocycles. The highest BCUT2D eigenvalue weighted by atomic mass is 16.4. The Bertz CT molecular complexity index is 846. The molecule has 0 amide bonds. The lowest BCUT2D eigenvalue weighted by molar-refractivity contribution is -0.134. The maximum absolute atomic E-state index is 9.55. The number of fused-ring (bicyclic) bond motifs is 1. The summed E-state index contributed by atoms with van der Waals surface area (Å²) < 4.78 is 0. The molecule has 0 aliphatic carbocycles. The molecule has 3 rings (SSSR count). The van der Waals surface area contributed by atoms with Gasteiger partial charge in [-0.25, -0.2) is 9.59 Å². The van der Waals surface area contributed by atoms with E-state index < -0.39 is 11.9 Å². The van der Waals surface area contributed by atoms with Crippen molar-refractivity contribution in [3.8, 4) is 0 Å². The van der Waals surface area contributed by atoms with Crippen LogP contribution in [0.1, 0.15) is 28.2 Å². The van der Waals surface area contributed by atoms with Crippen LogP contribution in [0.25, 0.3) is 0 Å². The summed E-state index contributed by atoms with van der Waals surface area (Å²) in [5, 5.41) is 15.6. The number of likely N-dealkylation sites (N-methyl/N-ethyl adjacent to an activating group) is 1. The maximum atomic E-state index is 9.55. The van der Waals surface area contributed by atoms with Gasteiger partial charge in [0.25, 0.3) is 0 Å². The molecular weight excluding hydrogens is 356 g/mol. The second-order valence-electron chi connectivity index (χ2n) is 6.89. The highest BCUT2D eigenvalue weighted by molar-refractivity contribution is 5.89. The predicted octanol–water partition coefficient (Wildman–Crippen LogP) is 2.91. The van der Waals surface area contributed by atoms with Gasteiger partial charge in [0.05, 0.1) is 0 Å². The molecule has 1 atom stereocenters. The van der Waals surface area contributed by atoms with Crippen LogP contribution < -0.4 is 5.73 Å². The fourth-order valence-corrected chi connectivity index (χ4v) is 3.27. The number of carboxylic acid groups (broad SMARTS) is 2. The molecule has 0 unspecified atom stereocenters. The Hall–Kier alpha value is -3.12. The molecule has 1 heterocycles. The summed E-state index contributed by atoms with van der Waals surface area (Å²) in [6.45, 7) is 4.26. The molecule has 0 spiro atoms. The molecule has 148 valence electrons. The Kier molecular flexibility index (Phi) is 7.35. The second-order valence-corrected chi connectivity index (χ2v) is 6.89. The summed E-state index contributed by atoms with van der Waals surface area (Å²) in [5.74, 6) is -2.10. The summed E-state index contributed by atoms with van der Waals surface area (Å²) in [6.07, 6.45) is 2.22. The minimum atomic E-state index is -1.26. The zero-order valence-corrected chi connectivity index (χ0v) is 16.1. The maximum Gasteiger partial charge on any atom is 0.328 e. The van der Waals surface area contributed by atoms with E-state index in [1.807, 2.05) is 0 Å². The summed E-state index contributed by atoms with van der Waals surface area (Å²) in [7, 11) is 2.21. The number of nitrogens with two attached hydrogens (primary N) is 1. The van der Waals surface area contributed by atoms with Crippen LogP contribution in [0.3, 0.4) is 0 Å². The van der Waals surface area contributed by atoms with Crippen molar-refractivity contribution in [2.24, 2.45) is 0 Å². The van der Waals surface area contributed by atoms with Crippen molar-refractivity contribution < 1.29 is 19.8 Å². The molecule has 6 nitrogen and oxygen atoms in total. The van der Waals surface area contributed by atoms with Gasteiger partial charge in [-0.15, -0.1) is 0 Å². The van der Waals surface area contributed by atoms with Gasteiger partial charge in [-0.2, -0.15) is 0 Å². The Balaban J connectivity index is 0.000000300. The standard InChI is InChI=1S/C18H22N2.C4H4O4/c1-13-10-15-8-9-20(2)12-17(16(15)11-18(13)19)14-6-4-3-5-7-14;5-3(6)1-2-4(7)8/h3-7,10-11,17H,8-9,12,19H2,1-2H3;1-2H,(H,5,6)(H,7,8)/t17-;/m1./s1. The number of carboxylic acids is 2. The van der Waals surface area contributed by atoms with Gasteiger partial charge in [0.1, 0.15) is 0 Å².